The number of rotatable bonds is 8. The third-order valence-electron chi connectivity index (χ3n) is 5.17. The molecule has 3 rings (SSSR count). The molecule has 0 saturated heterocycles. The average molecular weight is 487 g/mol. The Hall–Kier alpha value is -3.23. The number of nitrogens with zero attached hydrogens (tertiary/aromatic N) is 2. The van der Waals surface area contributed by atoms with E-state index in [-0.39, 0.29) is 27.4 Å². The van der Waals surface area contributed by atoms with Gasteiger partial charge in [0.1, 0.15) is 0 Å². The van der Waals surface area contributed by atoms with E-state index < -0.39 is 20.9 Å². The molecule has 0 aliphatic carbocycles. The van der Waals surface area contributed by atoms with Gasteiger partial charge in [0.05, 0.1) is 15.5 Å². The number of hydrogen-bond acceptors (Lipinski definition) is 5. The average Bonchev–Trinajstić information content (AvgIpc) is 2.78. The summed E-state index contributed by atoms with van der Waals surface area (Å²) in [5.74, 6) is -0.816. The zero-order valence-electron chi connectivity index (χ0n) is 18.2. The molecule has 0 fully saturated rings. The summed E-state index contributed by atoms with van der Waals surface area (Å²) in [5, 5.41) is 11.5. The van der Waals surface area contributed by atoms with Crippen molar-refractivity contribution in [3.05, 3.63) is 98.6 Å². The highest BCUT2D eigenvalue weighted by molar-refractivity contribution is 7.93. The standard InChI is InChI=1S/C24H23ClN2O5S/c1-3-4-5-18-6-11-21(12-7-18)26(33(31,32)22-13-9-20(25)10-14-22)24(28)19-8-15-23(27(29)30)17(2)16-19/h6-16H,3-5H2,1-2H3. The molecule has 0 radical (unpaired) electrons. The molecule has 33 heavy (non-hydrogen) atoms. The van der Waals surface area contributed by atoms with Crippen molar-refractivity contribution in [1.29, 1.82) is 0 Å². The maximum atomic E-state index is 13.5. The molecule has 0 heterocycles. The fraction of sp³-hybridized carbons (Fsp3) is 0.208. The quantitative estimate of drug-likeness (QED) is 0.290. The third kappa shape index (κ3) is 5.40. The van der Waals surface area contributed by atoms with Gasteiger partial charge in [-0.1, -0.05) is 37.1 Å². The number of sulfonamides is 1. The Kier molecular flexibility index (Phi) is 7.50. The van der Waals surface area contributed by atoms with Crippen LogP contribution in [0, 0.1) is 17.0 Å². The van der Waals surface area contributed by atoms with Gasteiger partial charge < -0.3 is 0 Å². The molecule has 0 bridgehead atoms. The van der Waals surface area contributed by atoms with E-state index in [9.17, 15) is 23.3 Å². The minimum Gasteiger partial charge on any atom is -0.268 e. The second-order valence-electron chi connectivity index (χ2n) is 7.56. The number of nitro benzene ring substituents is 1. The van der Waals surface area contributed by atoms with Gasteiger partial charge in [-0.05, 0) is 73.9 Å². The Bertz CT molecular complexity index is 1270. The SMILES string of the molecule is CCCCc1ccc(N(C(=O)c2ccc([N+](=O)[O-])c(C)c2)S(=O)(=O)c2ccc(Cl)cc2)cc1. The van der Waals surface area contributed by atoms with Crippen LogP contribution in [0.3, 0.4) is 0 Å². The van der Waals surface area contributed by atoms with Gasteiger partial charge in [0.15, 0.2) is 0 Å². The molecule has 172 valence electrons. The van der Waals surface area contributed by atoms with Crippen molar-refractivity contribution >= 4 is 38.9 Å². The number of carbonyl (C=O) groups is 1. The Morgan fingerprint density at radius 2 is 1.67 bits per heavy atom. The van der Waals surface area contributed by atoms with Crippen LogP contribution in [-0.2, 0) is 16.4 Å². The highest BCUT2D eigenvalue weighted by Gasteiger charge is 2.32. The van der Waals surface area contributed by atoms with E-state index >= 15 is 0 Å². The first-order chi connectivity index (χ1) is 15.6. The zero-order chi connectivity index (χ0) is 24.2. The minimum atomic E-state index is -4.30. The van der Waals surface area contributed by atoms with Crippen molar-refractivity contribution < 1.29 is 18.1 Å². The van der Waals surface area contributed by atoms with Crippen LogP contribution in [0.5, 0.6) is 0 Å². The summed E-state index contributed by atoms with van der Waals surface area (Å²) < 4.78 is 27.8. The smallest absolute Gasteiger partial charge is 0.268 e. The van der Waals surface area contributed by atoms with Crippen molar-refractivity contribution in [2.24, 2.45) is 0 Å². The molecule has 9 heteroatoms. The van der Waals surface area contributed by atoms with Crippen LogP contribution in [0.25, 0.3) is 0 Å². The van der Waals surface area contributed by atoms with E-state index in [4.69, 9.17) is 11.6 Å². The second-order valence-corrected chi connectivity index (χ2v) is 9.78. The molecule has 0 atom stereocenters. The van der Waals surface area contributed by atoms with E-state index in [0.717, 1.165) is 29.1 Å². The summed E-state index contributed by atoms with van der Waals surface area (Å²) >= 11 is 5.90. The summed E-state index contributed by atoms with van der Waals surface area (Å²) in [6.07, 6.45) is 2.86. The molecule has 3 aromatic carbocycles. The Labute approximate surface area is 197 Å². The van der Waals surface area contributed by atoms with Crippen molar-refractivity contribution in [1.82, 2.24) is 0 Å². The zero-order valence-corrected chi connectivity index (χ0v) is 19.8. The molecule has 3 aromatic rings. The van der Waals surface area contributed by atoms with Crippen LogP contribution in [0.15, 0.2) is 71.6 Å². The van der Waals surface area contributed by atoms with Crippen LogP contribution >= 0.6 is 11.6 Å². The highest BCUT2D eigenvalue weighted by Crippen LogP contribution is 2.29. The Morgan fingerprint density at radius 1 is 1.03 bits per heavy atom. The van der Waals surface area contributed by atoms with Crippen molar-refractivity contribution in [2.45, 2.75) is 38.0 Å². The van der Waals surface area contributed by atoms with Gasteiger partial charge in [0.2, 0.25) is 0 Å². The van der Waals surface area contributed by atoms with Crippen molar-refractivity contribution in [3.8, 4) is 0 Å². The second kappa shape index (κ2) is 10.1. The summed E-state index contributed by atoms with van der Waals surface area (Å²) in [6.45, 7) is 3.58. The number of anilines is 1. The number of hydrogen-bond donors (Lipinski definition) is 0. The first-order valence-electron chi connectivity index (χ1n) is 10.3. The number of benzene rings is 3. The summed E-state index contributed by atoms with van der Waals surface area (Å²) in [7, 11) is -4.30. The fourth-order valence-corrected chi connectivity index (χ4v) is 4.91. The predicted molar refractivity (Wildman–Crippen MR) is 128 cm³/mol. The normalized spacial score (nSPS) is 11.2. The van der Waals surface area contributed by atoms with Crippen LogP contribution in [0.1, 0.15) is 41.3 Å². The maximum absolute atomic E-state index is 13.5. The van der Waals surface area contributed by atoms with Gasteiger partial charge in [-0.15, -0.1) is 0 Å². The lowest BCUT2D eigenvalue weighted by Gasteiger charge is -2.23. The summed E-state index contributed by atoms with van der Waals surface area (Å²) in [6, 6.07) is 16.1. The molecular weight excluding hydrogens is 464 g/mol. The number of aryl methyl sites for hydroxylation is 2. The van der Waals surface area contributed by atoms with Crippen LogP contribution in [0.2, 0.25) is 5.02 Å². The lowest BCUT2D eigenvalue weighted by Crippen LogP contribution is -2.37. The van der Waals surface area contributed by atoms with E-state index in [0.29, 0.717) is 5.02 Å². The molecular formula is C24H23ClN2O5S. The monoisotopic (exact) mass is 486 g/mol. The first kappa shape index (κ1) is 24.4. The van der Waals surface area contributed by atoms with Gasteiger partial charge in [0, 0.05) is 22.2 Å². The molecule has 0 saturated carbocycles. The van der Waals surface area contributed by atoms with E-state index in [2.05, 4.69) is 6.92 Å². The van der Waals surface area contributed by atoms with Gasteiger partial charge >= 0.3 is 0 Å². The number of amides is 1. The van der Waals surface area contributed by atoms with Gasteiger partial charge in [0.25, 0.3) is 21.6 Å². The lowest BCUT2D eigenvalue weighted by molar-refractivity contribution is -0.385. The van der Waals surface area contributed by atoms with E-state index in [1.165, 1.54) is 49.4 Å². The number of nitro groups is 1. The molecule has 0 spiro atoms. The molecule has 0 aromatic heterocycles. The molecule has 0 aliphatic rings. The summed E-state index contributed by atoms with van der Waals surface area (Å²) in [5.41, 5.74) is 1.32. The van der Waals surface area contributed by atoms with Crippen LogP contribution in [-0.4, -0.2) is 19.2 Å². The molecule has 1 amide bonds. The summed E-state index contributed by atoms with van der Waals surface area (Å²) in [4.78, 5) is 24.0. The van der Waals surface area contributed by atoms with E-state index in [1.54, 1.807) is 24.3 Å². The Morgan fingerprint density at radius 3 is 2.21 bits per heavy atom. The lowest BCUT2D eigenvalue weighted by atomic mass is 10.1. The van der Waals surface area contributed by atoms with Crippen LogP contribution < -0.4 is 4.31 Å². The van der Waals surface area contributed by atoms with Gasteiger partial charge in [-0.25, -0.2) is 8.42 Å². The highest BCUT2D eigenvalue weighted by atomic mass is 35.5. The topological polar surface area (TPSA) is 97.6 Å². The van der Waals surface area contributed by atoms with Crippen molar-refractivity contribution in [2.75, 3.05) is 4.31 Å². The third-order valence-corrected chi connectivity index (χ3v) is 7.14. The first-order valence-corrected chi connectivity index (χ1v) is 12.2. The molecule has 0 N–H and O–H groups in total. The molecule has 0 aliphatic heterocycles. The number of carbonyl (C=O) groups excluding carboxylic acids is 1. The number of halogens is 1. The minimum absolute atomic E-state index is 0.0192. The van der Waals surface area contributed by atoms with Gasteiger partial charge in [-0.3, -0.25) is 14.9 Å². The Balaban J connectivity index is 2.10. The molecule has 0 unspecified atom stereocenters. The van der Waals surface area contributed by atoms with Crippen LogP contribution in [0.4, 0.5) is 11.4 Å². The van der Waals surface area contributed by atoms with Crippen molar-refractivity contribution in [3.63, 3.8) is 0 Å². The number of unbranched alkanes of at least 4 members (excludes halogenated alkanes) is 1. The fourth-order valence-electron chi connectivity index (χ4n) is 3.37. The molecule has 7 nitrogen and oxygen atoms in total. The van der Waals surface area contributed by atoms with E-state index in [1.807, 2.05) is 0 Å². The predicted octanol–water partition coefficient (Wildman–Crippen LogP) is 5.93. The maximum Gasteiger partial charge on any atom is 0.272 e. The van der Waals surface area contributed by atoms with Gasteiger partial charge in [-0.2, -0.15) is 4.31 Å². The largest absolute Gasteiger partial charge is 0.272 e.